The van der Waals surface area contributed by atoms with Gasteiger partial charge in [-0.25, -0.2) is 14.4 Å². The maximum Gasteiger partial charge on any atom is 0.335 e. The van der Waals surface area contributed by atoms with Crippen LogP contribution >= 0.6 is 0 Å². The molecule has 0 spiro atoms. The van der Waals surface area contributed by atoms with Gasteiger partial charge in [-0.2, -0.15) is 0 Å². The molecule has 2 N–H and O–H groups in total. The normalized spacial score (nSPS) is 13.9. The Hall–Kier alpha value is -4.19. The summed E-state index contributed by atoms with van der Waals surface area (Å²) in [6.45, 7) is 0. The van der Waals surface area contributed by atoms with Crippen molar-refractivity contribution >= 4 is 22.9 Å². The van der Waals surface area contributed by atoms with Crippen LogP contribution in [0.5, 0.6) is 5.88 Å². The largest absolute Gasteiger partial charge is 0.494 e. The molecule has 1 aliphatic rings. The van der Waals surface area contributed by atoms with E-state index in [1.54, 1.807) is 12.1 Å². The van der Waals surface area contributed by atoms with E-state index in [1.807, 2.05) is 60.7 Å². The molecule has 0 fully saturated rings. The SMILES string of the molecule is O=c1[nH]c(=O)n(-c2cccc3ccccc23)c(O)c1/C=C1/C=c2ccccc2=N1. The van der Waals surface area contributed by atoms with Crippen molar-refractivity contribution in [2.45, 2.75) is 0 Å². The van der Waals surface area contributed by atoms with Crippen LogP contribution in [-0.2, 0) is 0 Å². The molecule has 5 rings (SSSR count). The Kier molecular flexibility index (Phi) is 3.77. The first-order valence-corrected chi connectivity index (χ1v) is 9.05. The highest BCUT2D eigenvalue weighted by Gasteiger charge is 2.16. The smallest absolute Gasteiger partial charge is 0.335 e. The van der Waals surface area contributed by atoms with E-state index < -0.39 is 17.1 Å². The van der Waals surface area contributed by atoms with Crippen molar-refractivity contribution in [2.24, 2.45) is 4.99 Å². The topological polar surface area (TPSA) is 87.5 Å². The van der Waals surface area contributed by atoms with Crippen molar-refractivity contribution in [3.05, 3.63) is 109 Å². The van der Waals surface area contributed by atoms with Crippen molar-refractivity contribution in [1.29, 1.82) is 0 Å². The highest BCUT2D eigenvalue weighted by molar-refractivity contribution is 5.90. The van der Waals surface area contributed by atoms with Crippen LogP contribution in [0, 0.1) is 0 Å². The van der Waals surface area contributed by atoms with Gasteiger partial charge in [0.15, 0.2) is 0 Å². The second-order valence-corrected chi connectivity index (χ2v) is 6.71. The number of fused-ring (bicyclic) bond motifs is 2. The number of hydrogen-bond donors (Lipinski definition) is 2. The Balaban J connectivity index is 1.76. The monoisotopic (exact) mass is 381 g/mol. The molecule has 3 aromatic carbocycles. The zero-order chi connectivity index (χ0) is 20.0. The molecule has 6 heteroatoms. The van der Waals surface area contributed by atoms with Gasteiger partial charge in [0.05, 0.1) is 16.7 Å². The third-order valence-corrected chi connectivity index (χ3v) is 4.91. The van der Waals surface area contributed by atoms with Crippen LogP contribution in [0.3, 0.4) is 0 Å². The summed E-state index contributed by atoms with van der Waals surface area (Å²) in [5.41, 5.74) is -0.398. The highest BCUT2D eigenvalue weighted by atomic mass is 16.3. The number of nitrogens with zero attached hydrogens (tertiary/aromatic N) is 2. The van der Waals surface area contributed by atoms with Crippen LogP contribution in [0.25, 0.3) is 28.6 Å². The standard InChI is InChI=1S/C23H15N3O3/c27-21-18(13-16-12-15-7-2-4-10-19(15)24-16)22(28)26(23(29)25-21)20-11-5-8-14-6-1-3-9-17(14)20/h1-13,28H,(H,25,27,29)/b16-13-. The third-order valence-electron chi connectivity index (χ3n) is 4.91. The number of hydrogen-bond acceptors (Lipinski definition) is 4. The first kappa shape index (κ1) is 16.9. The molecular formula is C23H15N3O3. The molecule has 0 amide bonds. The number of para-hydroxylation sites is 1. The van der Waals surface area contributed by atoms with Gasteiger partial charge < -0.3 is 5.11 Å². The average Bonchev–Trinajstić information content (AvgIpc) is 3.14. The van der Waals surface area contributed by atoms with E-state index in [-0.39, 0.29) is 5.56 Å². The summed E-state index contributed by atoms with van der Waals surface area (Å²) in [7, 11) is 0. The van der Waals surface area contributed by atoms with Gasteiger partial charge in [-0.1, -0.05) is 54.6 Å². The first-order valence-electron chi connectivity index (χ1n) is 9.05. The minimum absolute atomic E-state index is 0.0275. The van der Waals surface area contributed by atoms with E-state index >= 15 is 0 Å². The van der Waals surface area contributed by atoms with E-state index in [2.05, 4.69) is 9.98 Å². The van der Waals surface area contributed by atoms with Crippen LogP contribution in [0.2, 0.25) is 0 Å². The van der Waals surface area contributed by atoms with E-state index in [9.17, 15) is 14.7 Å². The summed E-state index contributed by atoms with van der Waals surface area (Å²) < 4.78 is 1.11. The molecule has 29 heavy (non-hydrogen) atoms. The minimum Gasteiger partial charge on any atom is -0.494 e. The van der Waals surface area contributed by atoms with E-state index in [0.717, 1.165) is 25.9 Å². The predicted molar refractivity (Wildman–Crippen MR) is 111 cm³/mol. The highest BCUT2D eigenvalue weighted by Crippen LogP contribution is 2.25. The second-order valence-electron chi connectivity index (χ2n) is 6.71. The molecule has 0 unspecified atom stereocenters. The van der Waals surface area contributed by atoms with E-state index in [4.69, 9.17) is 0 Å². The third kappa shape index (κ3) is 2.78. The fourth-order valence-electron chi connectivity index (χ4n) is 3.56. The molecule has 0 atom stereocenters. The van der Waals surface area contributed by atoms with Crippen LogP contribution in [0.15, 0.2) is 87.0 Å². The van der Waals surface area contributed by atoms with Crippen molar-refractivity contribution in [2.75, 3.05) is 0 Å². The number of aromatic hydroxyl groups is 1. The Morgan fingerprint density at radius 2 is 1.69 bits per heavy atom. The van der Waals surface area contributed by atoms with Crippen molar-refractivity contribution in [3.8, 4) is 11.6 Å². The first-order chi connectivity index (χ1) is 14.1. The van der Waals surface area contributed by atoms with Crippen LogP contribution in [-0.4, -0.2) is 14.7 Å². The Bertz CT molecular complexity index is 1520. The molecular weight excluding hydrogens is 366 g/mol. The molecule has 140 valence electrons. The van der Waals surface area contributed by atoms with Crippen molar-refractivity contribution in [3.63, 3.8) is 0 Å². The maximum absolute atomic E-state index is 12.6. The van der Waals surface area contributed by atoms with Crippen molar-refractivity contribution < 1.29 is 5.11 Å². The number of H-pyrrole nitrogens is 1. The molecule has 0 saturated heterocycles. The van der Waals surface area contributed by atoms with Gasteiger partial charge in [-0.15, -0.1) is 0 Å². The van der Waals surface area contributed by atoms with E-state index in [1.165, 1.54) is 6.08 Å². The molecule has 1 aromatic heterocycles. The number of aromatic nitrogens is 2. The van der Waals surface area contributed by atoms with Gasteiger partial charge in [-0.3, -0.25) is 9.78 Å². The summed E-state index contributed by atoms with van der Waals surface area (Å²) in [5.74, 6) is -0.429. The zero-order valence-corrected chi connectivity index (χ0v) is 15.2. The van der Waals surface area contributed by atoms with Gasteiger partial charge in [0.2, 0.25) is 5.88 Å². The number of allylic oxidation sites excluding steroid dienone is 1. The Morgan fingerprint density at radius 3 is 2.55 bits per heavy atom. The number of nitrogens with one attached hydrogen (secondary N) is 1. The van der Waals surface area contributed by atoms with Gasteiger partial charge in [0.25, 0.3) is 5.56 Å². The predicted octanol–water partition coefficient (Wildman–Crippen LogP) is 1.84. The average molecular weight is 381 g/mol. The summed E-state index contributed by atoms with van der Waals surface area (Å²) >= 11 is 0. The lowest BCUT2D eigenvalue weighted by Gasteiger charge is -2.12. The van der Waals surface area contributed by atoms with E-state index in [0.29, 0.717) is 11.4 Å². The molecule has 6 nitrogen and oxygen atoms in total. The molecule has 0 radical (unpaired) electrons. The molecule has 4 aromatic rings. The summed E-state index contributed by atoms with van der Waals surface area (Å²) in [4.78, 5) is 31.8. The maximum atomic E-state index is 12.6. The fourth-order valence-corrected chi connectivity index (χ4v) is 3.56. The van der Waals surface area contributed by atoms with Gasteiger partial charge in [0.1, 0.15) is 5.56 Å². The lowest BCUT2D eigenvalue weighted by Crippen LogP contribution is -2.30. The Morgan fingerprint density at radius 1 is 0.931 bits per heavy atom. The van der Waals surface area contributed by atoms with Crippen molar-refractivity contribution in [1.82, 2.24) is 9.55 Å². The van der Waals surface area contributed by atoms with Crippen LogP contribution < -0.4 is 21.8 Å². The fraction of sp³-hybridized carbons (Fsp3) is 0. The number of aromatic amines is 1. The van der Waals surface area contributed by atoms with Gasteiger partial charge in [-0.05, 0) is 29.7 Å². The van der Waals surface area contributed by atoms with Gasteiger partial charge >= 0.3 is 5.69 Å². The second kappa shape index (κ2) is 6.45. The van der Waals surface area contributed by atoms with Crippen LogP contribution in [0.4, 0.5) is 0 Å². The number of benzene rings is 3. The number of rotatable bonds is 2. The Labute approximate surface area is 164 Å². The summed E-state index contributed by atoms with van der Waals surface area (Å²) in [6.07, 6.45) is 3.30. The molecule has 0 saturated carbocycles. The lowest BCUT2D eigenvalue weighted by molar-refractivity contribution is 0.430. The van der Waals surface area contributed by atoms with Crippen LogP contribution in [0.1, 0.15) is 5.56 Å². The molecule has 1 aliphatic heterocycles. The molecule has 2 heterocycles. The summed E-state index contributed by atoms with van der Waals surface area (Å²) in [6, 6.07) is 20.5. The molecule has 0 aliphatic carbocycles. The summed E-state index contributed by atoms with van der Waals surface area (Å²) in [5, 5.41) is 14.3. The lowest BCUT2D eigenvalue weighted by atomic mass is 10.1. The zero-order valence-electron chi connectivity index (χ0n) is 15.2. The van der Waals surface area contributed by atoms with Gasteiger partial charge in [0, 0.05) is 10.6 Å². The molecule has 0 bridgehead atoms. The minimum atomic E-state index is -0.707. The quantitative estimate of drug-likeness (QED) is 0.555.